The Balaban J connectivity index is 1.70. The van der Waals surface area contributed by atoms with Gasteiger partial charge in [0.15, 0.2) is 0 Å². The van der Waals surface area contributed by atoms with E-state index in [0.29, 0.717) is 32.7 Å². The molecule has 0 unspecified atom stereocenters. The van der Waals surface area contributed by atoms with Crippen LogP contribution in [0.2, 0.25) is 10.0 Å². The molecule has 2 N–H and O–H groups in total. The minimum absolute atomic E-state index is 0.265. The van der Waals surface area contributed by atoms with E-state index in [1.165, 1.54) is 11.3 Å². The Morgan fingerprint density at radius 1 is 0.962 bits per heavy atom. The molecule has 0 saturated carbocycles. The standard InChI is InChI=1S/C19H14Cl2N2O2S/c20-14-4-1-3-12(9-14)11-22-18(24)13-6-7-15(21)16(10-13)23-19(25)17-5-2-8-26-17/h1-10H,11H2,(H,22,24)(H,23,25). The van der Waals surface area contributed by atoms with E-state index in [2.05, 4.69) is 10.6 Å². The second-order valence-electron chi connectivity index (χ2n) is 5.44. The van der Waals surface area contributed by atoms with Crippen molar-refractivity contribution < 1.29 is 9.59 Å². The van der Waals surface area contributed by atoms with Crippen LogP contribution in [0.15, 0.2) is 60.0 Å². The monoisotopic (exact) mass is 404 g/mol. The highest BCUT2D eigenvalue weighted by molar-refractivity contribution is 7.12. The molecule has 2 amide bonds. The summed E-state index contributed by atoms with van der Waals surface area (Å²) in [6, 6.07) is 15.5. The Morgan fingerprint density at radius 2 is 1.81 bits per heavy atom. The molecule has 0 aliphatic rings. The van der Waals surface area contributed by atoms with Crippen LogP contribution in [0.4, 0.5) is 5.69 Å². The fourth-order valence-corrected chi connectivity index (χ4v) is 3.28. The van der Waals surface area contributed by atoms with Gasteiger partial charge in [0, 0.05) is 17.1 Å². The van der Waals surface area contributed by atoms with Crippen molar-refractivity contribution in [2.45, 2.75) is 6.54 Å². The molecule has 7 heteroatoms. The number of thiophene rings is 1. The second-order valence-corrected chi connectivity index (χ2v) is 7.23. The maximum absolute atomic E-state index is 12.4. The van der Waals surface area contributed by atoms with E-state index in [4.69, 9.17) is 23.2 Å². The molecule has 0 aliphatic carbocycles. The lowest BCUT2D eigenvalue weighted by molar-refractivity contribution is 0.0949. The number of amides is 2. The number of nitrogens with one attached hydrogen (secondary N) is 2. The molecule has 0 bridgehead atoms. The molecule has 0 spiro atoms. The molecule has 26 heavy (non-hydrogen) atoms. The van der Waals surface area contributed by atoms with Crippen molar-refractivity contribution in [1.29, 1.82) is 0 Å². The fourth-order valence-electron chi connectivity index (χ4n) is 2.29. The van der Waals surface area contributed by atoms with Crippen LogP contribution >= 0.6 is 34.5 Å². The normalized spacial score (nSPS) is 10.4. The van der Waals surface area contributed by atoms with E-state index in [0.717, 1.165) is 5.56 Å². The van der Waals surface area contributed by atoms with E-state index < -0.39 is 0 Å². The number of rotatable bonds is 5. The summed E-state index contributed by atoms with van der Waals surface area (Å²) in [5, 5.41) is 8.34. The summed E-state index contributed by atoms with van der Waals surface area (Å²) in [5.41, 5.74) is 1.68. The smallest absolute Gasteiger partial charge is 0.265 e. The molecular formula is C19H14Cl2N2O2S. The number of anilines is 1. The molecule has 1 aromatic heterocycles. The zero-order valence-corrected chi connectivity index (χ0v) is 15.8. The summed E-state index contributed by atoms with van der Waals surface area (Å²) in [4.78, 5) is 25.1. The SMILES string of the molecule is O=C(NCc1cccc(Cl)c1)c1ccc(Cl)c(NC(=O)c2cccs2)c1. The Hall–Kier alpha value is -2.34. The fraction of sp³-hybridized carbons (Fsp3) is 0.0526. The van der Waals surface area contributed by atoms with Crippen molar-refractivity contribution in [3.05, 3.63) is 86.0 Å². The lowest BCUT2D eigenvalue weighted by atomic mass is 10.1. The van der Waals surface area contributed by atoms with Crippen LogP contribution in [0.25, 0.3) is 0 Å². The van der Waals surface area contributed by atoms with Gasteiger partial charge in [-0.15, -0.1) is 11.3 Å². The van der Waals surface area contributed by atoms with E-state index in [9.17, 15) is 9.59 Å². The van der Waals surface area contributed by atoms with E-state index in [1.807, 2.05) is 17.5 Å². The molecule has 2 aromatic carbocycles. The lowest BCUT2D eigenvalue weighted by Gasteiger charge is -2.10. The maximum atomic E-state index is 12.4. The summed E-state index contributed by atoms with van der Waals surface area (Å²) in [6.45, 7) is 0.346. The predicted octanol–water partition coefficient (Wildman–Crippen LogP) is 5.24. The molecule has 0 atom stereocenters. The van der Waals surface area contributed by atoms with Crippen LogP contribution in [0.5, 0.6) is 0 Å². The van der Waals surface area contributed by atoms with Gasteiger partial charge in [-0.1, -0.05) is 41.4 Å². The number of carbonyl (C=O) groups excluding carboxylic acids is 2. The molecule has 3 rings (SSSR count). The molecule has 1 heterocycles. The molecule has 0 radical (unpaired) electrons. The van der Waals surface area contributed by atoms with Crippen molar-refractivity contribution in [3.8, 4) is 0 Å². The number of carbonyl (C=O) groups is 2. The van der Waals surface area contributed by atoms with Gasteiger partial charge in [0.25, 0.3) is 11.8 Å². The largest absolute Gasteiger partial charge is 0.348 e. The van der Waals surface area contributed by atoms with Crippen LogP contribution in [0, 0.1) is 0 Å². The van der Waals surface area contributed by atoms with Gasteiger partial charge >= 0.3 is 0 Å². The molecule has 0 aliphatic heterocycles. The van der Waals surface area contributed by atoms with Gasteiger partial charge in [0.05, 0.1) is 15.6 Å². The van der Waals surface area contributed by atoms with Crippen LogP contribution in [-0.2, 0) is 6.54 Å². The summed E-state index contributed by atoms with van der Waals surface area (Å²) in [5.74, 6) is -0.536. The third-order valence-corrected chi connectivity index (χ3v) is 5.00. The predicted molar refractivity (Wildman–Crippen MR) is 106 cm³/mol. The average molecular weight is 405 g/mol. The number of hydrogen-bond donors (Lipinski definition) is 2. The van der Waals surface area contributed by atoms with Crippen molar-refractivity contribution in [3.63, 3.8) is 0 Å². The minimum atomic E-state index is -0.270. The van der Waals surface area contributed by atoms with Gasteiger partial charge in [-0.05, 0) is 47.3 Å². The summed E-state index contributed by atoms with van der Waals surface area (Å²) < 4.78 is 0. The lowest BCUT2D eigenvalue weighted by Crippen LogP contribution is -2.23. The van der Waals surface area contributed by atoms with Crippen LogP contribution < -0.4 is 10.6 Å². The third kappa shape index (κ3) is 4.64. The Labute approximate surface area is 164 Å². The van der Waals surface area contributed by atoms with Gasteiger partial charge in [0.1, 0.15) is 0 Å². The van der Waals surface area contributed by atoms with Crippen LogP contribution in [0.3, 0.4) is 0 Å². The van der Waals surface area contributed by atoms with Gasteiger partial charge in [0.2, 0.25) is 0 Å². The van der Waals surface area contributed by atoms with Crippen molar-refractivity contribution >= 4 is 52.0 Å². The van der Waals surface area contributed by atoms with Gasteiger partial charge in [-0.25, -0.2) is 0 Å². The summed E-state index contributed by atoms with van der Waals surface area (Å²) >= 11 is 13.4. The number of halogens is 2. The maximum Gasteiger partial charge on any atom is 0.265 e. The minimum Gasteiger partial charge on any atom is -0.348 e. The molecule has 4 nitrogen and oxygen atoms in total. The number of benzene rings is 2. The first-order chi connectivity index (χ1) is 12.5. The quantitative estimate of drug-likeness (QED) is 0.610. The highest BCUT2D eigenvalue weighted by atomic mass is 35.5. The Morgan fingerprint density at radius 3 is 2.54 bits per heavy atom. The van der Waals surface area contributed by atoms with Gasteiger partial charge in [-0.2, -0.15) is 0 Å². The summed E-state index contributed by atoms with van der Waals surface area (Å²) in [6.07, 6.45) is 0. The van der Waals surface area contributed by atoms with Crippen molar-refractivity contribution in [2.24, 2.45) is 0 Å². The van der Waals surface area contributed by atoms with Gasteiger partial charge in [-0.3, -0.25) is 9.59 Å². The van der Waals surface area contributed by atoms with E-state index >= 15 is 0 Å². The van der Waals surface area contributed by atoms with Crippen molar-refractivity contribution in [2.75, 3.05) is 5.32 Å². The third-order valence-electron chi connectivity index (χ3n) is 3.56. The second kappa shape index (κ2) is 8.36. The first-order valence-electron chi connectivity index (χ1n) is 7.70. The van der Waals surface area contributed by atoms with Crippen LogP contribution in [0.1, 0.15) is 25.6 Å². The van der Waals surface area contributed by atoms with Gasteiger partial charge < -0.3 is 10.6 Å². The molecule has 132 valence electrons. The average Bonchev–Trinajstić information content (AvgIpc) is 3.16. The molecule has 3 aromatic rings. The first kappa shape index (κ1) is 18.5. The zero-order valence-electron chi connectivity index (χ0n) is 13.5. The Kier molecular flexibility index (Phi) is 5.93. The molecular weight excluding hydrogens is 391 g/mol. The van der Waals surface area contributed by atoms with Crippen LogP contribution in [-0.4, -0.2) is 11.8 Å². The van der Waals surface area contributed by atoms with Crippen molar-refractivity contribution in [1.82, 2.24) is 5.32 Å². The van der Waals surface area contributed by atoms with E-state index in [-0.39, 0.29) is 11.8 Å². The number of hydrogen-bond acceptors (Lipinski definition) is 3. The summed E-state index contributed by atoms with van der Waals surface area (Å²) in [7, 11) is 0. The highest BCUT2D eigenvalue weighted by Gasteiger charge is 2.13. The Bertz CT molecular complexity index is 942. The molecule has 0 fully saturated rings. The topological polar surface area (TPSA) is 58.2 Å². The first-order valence-corrected chi connectivity index (χ1v) is 9.33. The van der Waals surface area contributed by atoms with E-state index in [1.54, 1.807) is 42.5 Å². The zero-order chi connectivity index (χ0) is 18.5. The molecule has 0 saturated heterocycles. The highest BCUT2D eigenvalue weighted by Crippen LogP contribution is 2.24.